The number of phenolic OH excluding ortho intramolecular Hbond substituents is 2. The number of aromatic hydroxyl groups is 2. The van der Waals surface area contributed by atoms with E-state index in [-0.39, 0.29) is 29.9 Å². The van der Waals surface area contributed by atoms with Crippen molar-refractivity contribution in [2.75, 3.05) is 11.3 Å². The minimum Gasteiger partial charge on any atom is -0.507 e. The highest BCUT2D eigenvalue weighted by atomic mass is 79.9. The van der Waals surface area contributed by atoms with Crippen LogP contribution in [0.15, 0.2) is 21.7 Å². The molecule has 20 heavy (non-hydrogen) atoms. The van der Waals surface area contributed by atoms with E-state index in [1.165, 1.54) is 23.0 Å². The number of phenols is 2. The summed E-state index contributed by atoms with van der Waals surface area (Å²) in [5.41, 5.74) is 3.00. The first-order chi connectivity index (χ1) is 8.99. The topological polar surface area (TPSA) is 122 Å². The van der Waals surface area contributed by atoms with Gasteiger partial charge in [0.15, 0.2) is 5.82 Å². The molecule has 108 valence electrons. The van der Waals surface area contributed by atoms with Crippen molar-refractivity contribution in [1.82, 2.24) is 14.9 Å². The molecule has 1 heterocycles. The average molecular weight is 364 g/mol. The summed E-state index contributed by atoms with van der Waals surface area (Å²) < 4.78 is 1.69. The molecule has 2 rings (SSSR count). The van der Waals surface area contributed by atoms with Crippen LogP contribution in [0.3, 0.4) is 0 Å². The van der Waals surface area contributed by atoms with Crippen molar-refractivity contribution in [2.24, 2.45) is 5.10 Å². The minimum absolute atomic E-state index is 0. The van der Waals surface area contributed by atoms with Gasteiger partial charge in [-0.3, -0.25) is 0 Å². The number of nitrogens with zero attached hydrogens (tertiary/aromatic N) is 4. The fraction of sp³-hybridized carbons (Fsp3) is 0.100. The summed E-state index contributed by atoms with van der Waals surface area (Å²) >= 11 is 3.14. The predicted octanol–water partition coefficient (Wildman–Crippen LogP) is 1.34. The van der Waals surface area contributed by atoms with Crippen molar-refractivity contribution < 1.29 is 10.2 Å². The van der Waals surface area contributed by atoms with E-state index in [1.807, 2.05) is 0 Å². The highest BCUT2D eigenvalue weighted by Crippen LogP contribution is 2.30. The zero-order chi connectivity index (χ0) is 14.0. The molecule has 5 N–H and O–H groups in total. The quantitative estimate of drug-likeness (QED) is 0.371. The lowest BCUT2D eigenvalue weighted by Crippen LogP contribution is -2.13. The first-order valence-corrected chi connectivity index (χ1v) is 5.96. The van der Waals surface area contributed by atoms with Crippen LogP contribution in [0.4, 0.5) is 5.95 Å². The molecule has 0 aliphatic heterocycles. The van der Waals surface area contributed by atoms with E-state index in [1.54, 1.807) is 6.92 Å². The second-order valence-electron chi connectivity index (χ2n) is 3.67. The molecule has 0 saturated heterocycles. The van der Waals surface area contributed by atoms with E-state index < -0.39 is 0 Å². The number of hydrazone groups is 1. The summed E-state index contributed by atoms with van der Waals surface area (Å²) in [7, 11) is 0. The standard InChI is InChI=1S/C10H11BrN6O2.ClH/c1-5-14-16-10(17(5)12)15-13-4-6-2-7(11)9(19)3-8(6)18;/h2-4,18-19H,12H2,1H3,(H,15,16);1H/b13-4+;. The Morgan fingerprint density at radius 2 is 2.05 bits per heavy atom. The normalized spacial score (nSPS) is 10.5. The summed E-state index contributed by atoms with van der Waals surface area (Å²) in [4.78, 5) is 0. The Kier molecular flexibility index (Phi) is 5.17. The van der Waals surface area contributed by atoms with Gasteiger partial charge in [0.25, 0.3) is 5.95 Å². The van der Waals surface area contributed by atoms with Crippen molar-refractivity contribution in [3.8, 4) is 11.5 Å². The molecule has 0 fully saturated rings. The third-order valence-corrected chi connectivity index (χ3v) is 2.97. The minimum atomic E-state index is -0.100. The molecule has 1 aromatic carbocycles. The Morgan fingerprint density at radius 1 is 1.35 bits per heavy atom. The number of rotatable bonds is 3. The number of nitrogens with one attached hydrogen (secondary N) is 1. The zero-order valence-corrected chi connectivity index (χ0v) is 12.7. The average Bonchev–Trinajstić information content (AvgIpc) is 2.67. The molecule has 0 amide bonds. The Bertz CT molecular complexity index is 645. The number of aryl methyl sites for hydroxylation is 1. The first-order valence-electron chi connectivity index (χ1n) is 5.16. The molecule has 0 bridgehead atoms. The van der Waals surface area contributed by atoms with E-state index in [0.717, 1.165) is 0 Å². The summed E-state index contributed by atoms with van der Waals surface area (Å²) in [6.07, 6.45) is 1.36. The lowest BCUT2D eigenvalue weighted by molar-refractivity contribution is 0.448. The molecular weight excluding hydrogens is 352 g/mol. The van der Waals surface area contributed by atoms with Gasteiger partial charge < -0.3 is 16.1 Å². The van der Waals surface area contributed by atoms with Crippen LogP contribution in [0.2, 0.25) is 0 Å². The Balaban J connectivity index is 0.00000200. The van der Waals surface area contributed by atoms with Gasteiger partial charge in [0.1, 0.15) is 11.5 Å². The highest BCUT2D eigenvalue weighted by molar-refractivity contribution is 9.10. The lowest BCUT2D eigenvalue weighted by atomic mass is 10.2. The second kappa shape index (κ2) is 6.44. The highest BCUT2D eigenvalue weighted by Gasteiger charge is 2.06. The second-order valence-corrected chi connectivity index (χ2v) is 4.53. The van der Waals surface area contributed by atoms with Crippen molar-refractivity contribution in [2.45, 2.75) is 6.92 Å². The Labute approximate surface area is 128 Å². The molecule has 2 aromatic rings. The molecule has 10 heteroatoms. The van der Waals surface area contributed by atoms with Crippen LogP contribution in [-0.2, 0) is 0 Å². The van der Waals surface area contributed by atoms with Crippen molar-refractivity contribution in [3.63, 3.8) is 0 Å². The molecule has 0 aliphatic carbocycles. The third kappa shape index (κ3) is 3.31. The van der Waals surface area contributed by atoms with Crippen LogP contribution >= 0.6 is 28.3 Å². The zero-order valence-electron chi connectivity index (χ0n) is 10.3. The third-order valence-electron chi connectivity index (χ3n) is 2.33. The van der Waals surface area contributed by atoms with Crippen LogP contribution in [0.5, 0.6) is 11.5 Å². The van der Waals surface area contributed by atoms with Gasteiger partial charge in [-0.15, -0.1) is 22.6 Å². The molecule has 0 radical (unpaired) electrons. The number of halogens is 2. The Morgan fingerprint density at radius 3 is 2.65 bits per heavy atom. The smallest absolute Gasteiger partial charge is 0.263 e. The van der Waals surface area contributed by atoms with E-state index in [0.29, 0.717) is 15.9 Å². The maximum absolute atomic E-state index is 9.61. The Hall–Kier alpha value is -2.00. The number of benzene rings is 1. The molecule has 0 aliphatic rings. The number of nitrogens with two attached hydrogens (primary N) is 1. The van der Waals surface area contributed by atoms with Crippen LogP contribution in [0.25, 0.3) is 0 Å². The first kappa shape index (κ1) is 16.1. The fourth-order valence-corrected chi connectivity index (χ4v) is 1.64. The molecule has 1 aromatic heterocycles. The molecule has 0 atom stereocenters. The molecule has 0 spiro atoms. The van der Waals surface area contributed by atoms with E-state index in [2.05, 4.69) is 36.7 Å². The monoisotopic (exact) mass is 362 g/mol. The molecule has 0 saturated carbocycles. The van der Waals surface area contributed by atoms with Gasteiger partial charge in [-0.05, 0) is 28.9 Å². The van der Waals surface area contributed by atoms with Crippen molar-refractivity contribution in [3.05, 3.63) is 28.0 Å². The molecular formula is C10H12BrClN6O2. The van der Waals surface area contributed by atoms with Crippen molar-refractivity contribution >= 4 is 40.5 Å². The summed E-state index contributed by atoms with van der Waals surface area (Å²) in [5.74, 6) is 6.27. The molecule has 8 nitrogen and oxygen atoms in total. The number of hydrogen-bond donors (Lipinski definition) is 4. The summed E-state index contributed by atoms with van der Waals surface area (Å²) in [6, 6.07) is 2.73. The van der Waals surface area contributed by atoms with E-state index >= 15 is 0 Å². The van der Waals surface area contributed by atoms with Gasteiger partial charge in [0.2, 0.25) is 0 Å². The summed E-state index contributed by atoms with van der Waals surface area (Å²) in [6.45, 7) is 1.70. The number of anilines is 1. The van der Waals surface area contributed by atoms with Crippen molar-refractivity contribution in [1.29, 1.82) is 0 Å². The van der Waals surface area contributed by atoms with E-state index in [9.17, 15) is 10.2 Å². The fourth-order valence-electron chi connectivity index (χ4n) is 1.27. The van der Waals surface area contributed by atoms with Gasteiger partial charge >= 0.3 is 0 Å². The van der Waals surface area contributed by atoms with Gasteiger partial charge in [-0.1, -0.05) is 0 Å². The van der Waals surface area contributed by atoms with Gasteiger partial charge in [0.05, 0.1) is 10.7 Å². The van der Waals surface area contributed by atoms with Crippen LogP contribution < -0.4 is 11.3 Å². The predicted molar refractivity (Wildman–Crippen MR) is 80.8 cm³/mol. The van der Waals surface area contributed by atoms with Crippen LogP contribution in [0.1, 0.15) is 11.4 Å². The van der Waals surface area contributed by atoms with Crippen LogP contribution in [0, 0.1) is 6.92 Å². The van der Waals surface area contributed by atoms with Gasteiger partial charge in [-0.2, -0.15) is 5.10 Å². The van der Waals surface area contributed by atoms with Crippen LogP contribution in [-0.4, -0.2) is 31.3 Å². The van der Waals surface area contributed by atoms with Gasteiger partial charge in [0, 0.05) is 11.6 Å². The van der Waals surface area contributed by atoms with E-state index in [4.69, 9.17) is 5.84 Å². The summed E-state index contributed by atoms with van der Waals surface area (Å²) in [5, 5.41) is 30.4. The number of nitrogen functional groups attached to an aromatic ring is 1. The maximum Gasteiger partial charge on any atom is 0.263 e. The molecule has 0 unspecified atom stereocenters. The maximum atomic E-state index is 9.61. The lowest BCUT2D eigenvalue weighted by Gasteiger charge is -2.03. The SMILES string of the molecule is Cc1nnc(N/N=C/c2cc(Br)c(O)cc2O)n1N.Cl. The number of hydrogen-bond acceptors (Lipinski definition) is 7. The number of aromatic nitrogens is 3. The largest absolute Gasteiger partial charge is 0.507 e. The van der Waals surface area contributed by atoms with Gasteiger partial charge in [-0.25, -0.2) is 10.1 Å².